The van der Waals surface area contributed by atoms with Crippen molar-refractivity contribution in [2.45, 2.75) is 12.8 Å². The number of carbonyl (C=O) groups excluding carboxylic acids is 1. The van der Waals surface area contributed by atoms with Gasteiger partial charge in [-0.2, -0.15) is 0 Å². The van der Waals surface area contributed by atoms with Gasteiger partial charge in [0.25, 0.3) is 5.91 Å². The van der Waals surface area contributed by atoms with Crippen LogP contribution >= 0.6 is 0 Å². The fourth-order valence-corrected chi connectivity index (χ4v) is 3.36. The van der Waals surface area contributed by atoms with E-state index in [1.165, 1.54) is 11.6 Å². The molecule has 0 aliphatic carbocycles. The van der Waals surface area contributed by atoms with Crippen LogP contribution in [-0.4, -0.2) is 24.7 Å². The van der Waals surface area contributed by atoms with E-state index < -0.39 is 0 Å². The monoisotopic (exact) mass is 428 g/mol. The first-order valence-corrected chi connectivity index (χ1v) is 10.4. The molecule has 0 spiro atoms. The van der Waals surface area contributed by atoms with Gasteiger partial charge in [0.05, 0.1) is 12.8 Å². The number of rotatable bonds is 7. The summed E-state index contributed by atoms with van der Waals surface area (Å²) in [7, 11) is 1.59. The van der Waals surface area contributed by atoms with Gasteiger partial charge in [-0.1, -0.05) is 30.3 Å². The van der Waals surface area contributed by atoms with E-state index in [0.29, 0.717) is 34.5 Å². The molecule has 1 amide bonds. The lowest BCUT2D eigenvalue weighted by Crippen LogP contribution is -2.29. The third-order valence-corrected chi connectivity index (χ3v) is 5.05. The van der Waals surface area contributed by atoms with Crippen LogP contribution in [0, 0.1) is 0 Å². The summed E-state index contributed by atoms with van der Waals surface area (Å²) in [6.07, 6.45) is 1.70. The quantitative estimate of drug-likeness (QED) is 0.417. The van der Waals surface area contributed by atoms with Gasteiger partial charge in [-0.15, -0.1) is 0 Å². The van der Waals surface area contributed by atoms with Crippen LogP contribution in [0.2, 0.25) is 0 Å². The van der Waals surface area contributed by atoms with Crippen LogP contribution in [0.5, 0.6) is 11.5 Å². The fraction of sp³-hybridized carbons (Fsp3) is 0.154. The number of hydrogen-bond acceptors (Lipinski definition) is 5. The highest BCUT2D eigenvalue weighted by Gasteiger charge is 2.13. The van der Waals surface area contributed by atoms with Crippen molar-refractivity contribution in [3.05, 3.63) is 95.5 Å². The van der Waals surface area contributed by atoms with Crippen LogP contribution in [0.4, 0.5) is 5.69 Å². The molecule has 0 radical (unpaired) electrons. The maximum Gasteiger partial charge on any atom is 0.256 e. The highest BCUT2D eigenvalue weighted by Crippen LogP contribution is 2.21. The number of nitrogens with zero attached hydrogens (tertiary/aromatic N) is 1. The van der Waals surface area contributed by atoms with E-state index in [9.17, 15) is 9.90 Å². The lowest BCUT2D eigenvalue weighted by atomic mass is 10.1. The zero-order chi connectivity index (χ0) is 22.3. The van der Waals surface area contributed by atoms with E-state index in [4.69, 9.17) is 9.15 Å². The molecule has 4 rings (SSSR count). The maximum atomic E-state index is 13.0. The number of fused-ring (bicyclic) bond motifs is 1. The van der Waals surface area contributed by atoms with E-state index in [1.54, 1.807) is 49.6 Å². The van der Waals surface area contributed by atoms with Crippen LogP contribution in [0.1, 0.15) is 22.3 Å². The van der Waals surface area contributed by atoms with Crippen molar-refractivity contribution in [1.82, 2.24) is 5.32 Å². The van der Waals surface area contributed by atoms with Crippen LogP contribution < -0.4 is 15.6 Å². The van der Waals surface area contributed by atoms with Crippen molar-refractivity contribution in [2.75, 3.05) is 13.7 Å². The summed E-state index contributed by atoms with van der Waals surface area (Å²) in [5, 5.41) is 13.5. The summed E-state index contributed by atoms with van der Waals surface area (Å²) < 4.78 is 11.1. The molecule has 3 aromatic carbocycles. The van der Waals surface area contributed by atoms with Gasteiger partial charge >= 0.3 is 0 Å². The zero-order valence-corrected chi connectivity index (χ0v) is 17.7. The molecule has 6 heteroatoms. The first-order chi connectivity index (χ1) is 15.6. The minimum Gasteiger partial charge on any atom is -0.508 e. The van der Waals surface area contributed by atoms with E-state index in [2.05, 4.69) is 22.4 Å². The van der Waals surface area contributed by atoms with E-state index in [1.807, 2.05) is 18.2 Å². The van der Waals surface area contributed by atoms with E-state index in [-0.39, 0.29) is 17.2 Å². The number of phenols is 1. The van der Waals surface area contributed by atoms with Crippen LogP contribution in [0.25, 0.3) is 11.0 Å². The largest absolute Gasteiger partial charge is 0.508 e. The Morgan fingerprint density at radius 1 is 1.03 bits per heavy atom. The minimum atomic E-state index is -0.260. The highest BCUT2D eigenvalue weighted by atomic mass is 16.5. The average molecular weight is 428 g/mol. The van der Waals surface area contributed by atoms with Crippen molar-refractivity contribution >= 4 is 22.6 Å². The lowest BCUT2D eigenvalue weighted by Gasteiger charge is -2.08. The summed E-state index contributed by atoms with van der Waals surface area (Å²) in [5.41, 5.74) is 2.80. The number of phenolic OH excluding ortho intramolecular Hbond substituents is 1. The van der Waals surface area contributed by atoms with Gasteiger partial charge in [0.1, 0.15) is 22.6 Å². The summed E-state index contributed by atoms with van der Waals surface area (Å²) in [4.78, 5) is 17.5. The minimum absolute atomic E-state index is 0.0785. The van der Waals surface area contributed by atoms with Crippen molar-refractivity contribution in [3.63, 3.8) is 0 Å². The molecule has 0 bridgehead atoms. The molecule has 0 aliphatic heterocycles. The second kappa shape index (κ2) is 9.83. The molecule has 1 aromatic heterocycles. The molecule has 0 aliphatic rings. The normalized spacial score (nSPS) is 11.5. The highest BCUT2D eigenvalue weighted by molar-refractivity contribution is 5.96. The number of aryl methyl sites for hydroxylation is 1. The topological polar surface area (TPSA) is 84.1 Å². The Bertz CT molecular complexity index is 1280. The Balaban J connectivity index is 1.60. The molecule has 6 nitrogen and oxygen atoms in total. The maximum absolute atomic E-state index is 13.0. The number of nitrogens with one attached hydrogen (secondary N) is 1. The second-order valence-electron chi connectivity index (χ2n) is 7.34. The molecular formula is C26H24N2O4. The SMILES string of the molecule is COc1ccc(N=c2oc3cc(O)ccc3cc2C(=O)NCCCc2ccccc2)cc1. The first-order valence-electron chi connectivity index (χ1n) is 10.4. The zero-order valence-electron chi connectivity index (χ0n) is 17.7. The Morgan fingerprint density at radius 2 is 1.81 bits per heavy atom. The van der Waals surface area contributed by atoms with E-state index in [0.717, 1.165) is 12.8 Å². The molecule has 32 heavy (non-hydrogen) atoms. The van der Waals surface area contributed by atoms with Gasteiger partial charge in [0, 0.05) is 18.0 Å². The Kier molecular flexibility index (Phi) is 6.51. The molecule has 0 fully saturated rings. The molecule has 4 aromatic rings. The van der Waals surface area contributed by atoms with Crippen molar-refractivity contribution in [2.24, 2.45) is 4.99 Å². The molecule has 0 saturated carbocycles. The van der Waals surface area contributed by atoms with Gasteiger partial charge in [-0.05, 0) is 60.9 Å². The number of amides is 1. The van der Waals surface area contributed by atoms with Gasteiger partial charge in [0.15, 0.2) is 0 Å². The Morgan fingerprint density at radius 3 is 2.56 bits per heavy atom. The molecule has 0 unspecified atom stereocenters. The van der Waals surface area contributed by atoms with Crippen molar-refractivity contribution in [3.8, 4) is 11.5 Å². The third kappa shape index (κ3) is 5.16. The van der Waals surface area contributed by atoms with Gasteiger partial charge < -0.3 is 19.6 Å². The number of aromatic hydroxyl groups is 1. The van der Waals surface area contributed by atoms with E-state index >= 15 is 0 Å². The number of benzene rings is 3. The molecule has 0 atom stereocenters. The standard InChI is InChI=1S/C26H24N2O4/c1-31-22-13-10-20(11-14-22)28-26-23(16-19-9-12-21(29)17-24(19)32-26)25(30)27-15-5-8-18-6-3-2-4-7-18/h2-4,6-7,9-14,16-17,29H,5,8,15H2,1H3,(H,27,30). The van der Waals surface area contributed by atoms with Gasteiger partial charge in [-0.25, -0.2) is 4.99 Å². The summed E-state index contributed by atoms with van der Waals surface area (Å²) in [6.45, 7) is 0.531. The Hall–Kier alpha value is -4.06. The predicted octanol–water partition coefficient (Wildman–Crippen LogP) is 4.74. The molecule has 162 valence electrons. The van der Waals surface area contributed by atoms with Gasteiger partial charge in [-0.3, -0.25) is 4.79 Å². The predicted molar refractivity (Wildman–Crippen MR) is 123 cm³/mol. The smallest absolute Gasteiger partial charge is 0.256 e. The Labute approximate surface area is 185 Å². The van der Waals surface area contributed by atoms with Crippen molar-refractivity contribution in [1.29, 1.82) is 0 Å². The van der Waals surface area contributed by atoms with Crippen molar-refractivity contribution < 1.29 is 19.1 Å². The van der Waals surface area contributed by atoms with Crippen LogP contribution in [0.15, 0.2) is 88.3 Å². The average Bonchev–Trinajstić information content (AvgIpc) is 2.82. The van der Waals surface area contributed by atoms with Crippen LogP contribution in [0.3, 0.4) is 0 Å². The van der Waals surface area contributed by atoms with Gasteiger partial charge in [0.2, 0.25) is 5.55 Å². The lowest BCUT2D eigenvalue weighted by molar-refractivity contribution is 0.0949. The fourth-order valence-electron chi connectivity index (χ4n) is 3.36. The molecule has 0 saturated heterocycles. The molecule has 1 heterocycles. The molecule has 2 N–H and O–H groups in total. The summed E-state index contributed by atoms with van der Waals surface area (Å²) in [5.74, 6) is 0.527. The number of carbonyl (C=O) groups is 1. The second-order valence-corrected chi connectivity index (χ2v) is 7.34. The number of ether oxygens (including phenoxy) is 1. The summed E-state index contributed by atoms with van der Waals surface area (Å²) in [6, 6.07) is 23.8. The summed E-state index contributed by atoms with van der Waals surface area (Å²) >= 11 is 0. The number of methoxy groups -OCH3 is 1. The molecular weight excluding hydrogens is 404 g/mol. The first kappa shape index (κ1) is 21.2. The van der Waals surface area contributed by atoms with Crippen LogP contribution in [-0.2, 0) is 6.42 Å². The third-order valence-electron chi connectivity index (χ3n) is 5.05. The number of hydrogen-bond donors (Lipinski definition) is 2.